The maximum absolute atomic E-state index is 12.9. The summed E-state index contributed by atoms with van der Waals surface area (Å²) in [6.07, 6.45) is 10.8. The van der Waals surface area contributed by atoms with Gasteiger partial charge in [-0.2, -0.15) is 0 Å². The summed E-state index contributed by atoms with van der Waals surface area (Å²) in [6, 6.07) is 43.2. The minimum absolute atomic E-state index is 0. The standard InChI is InChI=1S/C22H36O.C21H34O.2C20H32O.2C19H30O.CH4/c1-20(2,3)15-17(19(23)22(7,8)9)14-16-10-12-18(13-11-16)21(4,5)6;1-14-10-15(2)18(16(3)11-14)12-17(13-20(4,5)6)19(22)21(7,8)9;1-14-9-10-16(15(2)11-14)12-17(13-19(3,4)5)18(21)20(6,7)8;1-14-10-9-11-16(15(14)2)12-17(13-19(3,4)5)18(21)20(6,7)8;1-14-8-10-15(11-9-14)12-16(13-18(2,3)4)17(20)19(5,6)7;1-14-10-8-9-11-15(14)12-16(13-18(2,3)4)17(20)19(5,6)7;/h10-13,17H,14-15H2,1-9H3;10-11,17H,12-13H2,1-9H3;2*9-11,17H,12-13H2,1-8H3;2*8-11,16H,12-13H2,1-7H3;1H4/t4*17-;2*16-;/m111111./s1. The quantitative estimate of drug-likeness (QED) is 0.0598. The predicted molar refractivity (Wildman–Crippen MR) is 561 cm³/mol. The average Bonchev–Trinajstić information content (AvgIpc) is 0.821. The third-order valence-electron chi connectivity index (χ3n) is 23.9. The molecule has 6 heteroatoms. The van der Waals surface area contributed by atoms with Gasteiger partial charge in [0.2, 0.25) is 0 Å². The second-order valence-corrected chi connectivity index (χ2v) is 53.2. The van der Waals surface area contributed by atoms with Gasteiger partial charge in [-0.05, 0) is 250 Å². The van der Waals surface area contributed by atoms with Crippen LogP contribution in [-0.4, -0.2) is 34.7 Å². The first-order chi connectivity index (χ1) is 56.8. The zero-order valence-electron chi connectivity index (χ0n) is 91.4. The van der Waals surface area contributed by atoms with Crippen molar-refractivity contribution in [1.29, 1.82) is 0 Å². The number of carbonyl (C=O) groups excluding carboxylic acids is 6. The Balaban J connectivity index is 0.00000151. The van der Waals surface area contributed by atoms with E-state index in [1.54, 1.807) is 0 Å². The van der Waals surface area contributed by atoms with Crippen molar-refractivity contribution in [2.24, 2.45) is 100 Å². The number of Topliss-reactive ketones (excluding diaryl/α,β-unsaturated/α-hetero) is 6. The summed E-state index contributed by atoms with van der Waals surface area (Å²) >= 11 is 0. The van der Waals surface area contributed by atoms with Crippen LogP contribution in [0.2, 0.25) is 0 Å². The number of carbonyl (C=O) groups is 6. The highest BCUT2D eigenvalue weighted by Gasteiger charge is 2.39. The number of hydrogen-bond donors (Lipinski definition) is 0. The molecule has 0 aliphatic carbocycles. The molecular weight excluding hydrogens is 1560 g/mol. The SMILES string of the molecule is C.CC(C)(C)C[C@@H](Cc1ccc(C(C)(C)C)cc1)C(=O)C(C)(C)C.Cc1cc(C)c(C[C@H](CC(C)(C)C)C(=O)C(C)(C)C)c(C)c1.Cc1ccc(C[C@H](CC(C)(C)C)C(=O)C(C)(C)C)c(C)c1.Cc1ccc(C[C@H](CC(C)(C)C)C(=O)C(C)(C)C)cc1.Cc1cccc(C[C@H](CC(C)(C)C)C(=O)C(C)(C)C)c1C.Cc1ccccc1C[C@H](CC(C)(C)C)C(=O)C(C)(C)C. The van der Waals surface area contributed by atoms with Gasteiger partial charge in [0.1, 0.15) is 34.7 Å². The van der Waals surface area contributed by atoms with E-state index in [0.29, 0.717) is 34.7 Å². The van der Waals surface area contributed by atoms with Crippen molar-refractivity contribution >= 4 is 34.7 Å². The Labute approximate surface area is 791 Å². The van der Waals surface area contributed by atoms with E-state index in [1.807, 2.05) is 125 Å². The minimum Gasteiger partial charge on any atom is -0.299 e. The van der Waals surface area contributed by atoms with Gasteiger partial charge in [0, 0.05) is 68.0 Å². The number of ketones is 6. The van der Waals surface area contributed by atoms with Crippen molar-refractivity contribution < 1.29 is 28.8 Å². The van der Waals surface area contributed by atoms with Gasteiger partial charge in [-0.15, -0.1) is 0 Å². The molecule has 722 valence electrons. The molecule has 0 aliphatic rings. The summed E-state index contributed by atoms with van der Waals surface area (Å²) in [7, 11) is 0. The molecule has 0 aromatic heterocycles. The molecule has 6 aromatic rings. The highest BCUT2D eigenvalue weighted by molar-refractivity contribution is 5.89. The lowest BCUT2D eigenvalue weighted by molar-refractivity contribution is -0.132. The zero-order valence-corrected chi connectivity index (χ0v) is 91.4. The van der Waals surface area contributed by atoms with Crippen LogP contribution in [0.3, 0.4) is 0 Å². The molecule has 6 atom stereocenters. The lowest BCUT2D eigenvalue weighted by Crippen LogP contribution is -2.32. The highest BCUT2D eigenvalue weighted by atomic mass is 16.1. The Hall–Kier alpha value is -6.66. The van der Waals surface area contributed by atoms with Gasteiger partial charge in [0.25, 0.3) is 0 Å². The second kappa shape index (κ2) is 48.8. The summed E-state index contributed by atoms with van der Waals surface area (Å²) < 4.78 is 0. The van der Waals surface area contributed by atoms with Gasteiger partial charge in [-0.25, -0.2) is 0 Å². The van der Waals surface area contributed by atoms with Crippen LogP contribution in [0.15, 0.2) is 121 Å². The summed E-state index contributed by atoms with van der Waals surface area (Å²) in [5.41, 5.74) is 20.5. The Morgan fingerprint density at radius 3 is 0.750 bits per heavy atom. The van der Waals surface area contributed by atoms with Crippen molar-refractivity contribution in [1.82, 2.24) is 0 Å². The van der Waals surface area contributed by atoms with Crippen molar-refractivity contribution in [2.45, 2.75) is 422 Å². The molecular formula is C122H198O6. The smallest absolute Gasteiger partial charge is 0.141 e. The van der Waals surface area contributed by atoms with Crippen LogP contribution in [0.1, 0.15) is 405 Å². The minimum atomic E-state index is -0.277. The van der Waals surface area contributed by atoms with Gasteiger partial charge in [-0.3, -0.25) is 28.8 Å². The molecule has 0 radical (unpaired) electrons. The first-order valence-electron chi connectivity index (χ1n) is 48.5. The molecule has 0 spiro atoms. The molecule has 0 saturated heterocycles. The summed E-state index contributed by atoms with van der Waals surface area (Å²) in [4.78, 5) is 76.9. The van der Waals surface area contributed by atoms with Crippen LogP contribution in [0, 0.1) is 163 Å². The number of rotatable bonds is 24. The highest BCUT2D eigenvalue weighted by Crippen LogP contribution is 2.41. The van der Waals surface area contributed by atoms with Crippen molar-refractivity contribution in [3.8, 4) is 0 Å². The number of benzene rings is 6. The molecule has 6 nitrogen and oxygen atoms in total. The van der Waals surface area contributed by atoms with E-state index >= 15 is 0 Å². The third-order valence-corrected chi connectivity index (χ3v) is 23.9. The molecule has 0 bridgehead atoms. The maximum Gasteiger partial charge on any atom is 0.141 e. The van der Waals surface area contributed by atoms with E-state index < -0.39 is 0 Å². The maximum atomic E-state index is 12.9. The van der Waals surface area contributed by atoms with E-state index in [0.717, 1.165) is 77.0 Å². The number of hydrogen-bond acceptors (Lipinski definition) is 6. The van der Waals surface area contributed by atoms with Crippen LogP contribution in [0.4, 0.5) is 0 Å². The molecule has 0 fully saturated rings. The molecule has 0 amide bonds. The van der Waals surface area contributed by atoms with Crippen molar-refractivity contribution in [3.05, 3.63) is 210 Å². The average molecular weight is 1760 g/mol. The van der Waals surface area contributed by atoms with Crippen LogP contribution < -0.4 is 0 Å². The van der Waals surface area contributed by atoms with Crippen molar-refractivity contribution in [3.63, 3.8) is 0 Å². The normalized spacial score (nSPS) is 14.1. The van der Waals surface area contributed by atoms with E-state index in [9.17, 15) is 28.8 Å². The number of aryl methyl sites for hydroxylation is 8. The fourth-order valence-electron chi connectivity index (χ4n) is 17.6. The molecule has 6 rings (SSSR count). The first kappa shape index (κ1) is 121. The summed E-state index contributed by atoms with van der Waals surface area (Å²) in [5, 5.41) is 0. The van der Waals surface area contributed by atoms with Crippen molar-refractivity contribution in [2.75, 3.05) is 0 Å². The van der Waals surface area contributed by atoms with Crippen LogP contribution >= 0.6 is 0 Å². The Kier molecular flexibility index (Phi) is 46.3. The van der Waals surface area contributed by atoms with E-state index in [1.165, 1.54) is 89.0 Å². The molecule has 0 N–H and O–H groups in total. The molecule has 0 aliphatic heterocycles. The Bertz CT molecular complexity index is 4400. The lowest BCUT2D eigenvalue weighted by Gasteiger charge is -2.31. The summed E-state index contributed by atoms with van der Waals surface area (Å²) in [5.74, 6) is 2.93. The monoisotopic (exact) mass is 1760 g/mol. The Morgan fingerprint density at radius 1 is 0.227 bits per heavy atom. The van der Waals surface area contributed by atoms with Gasteiger partial charge in [0.05, 0.1) is 0 Å². The van der Waals surface area contributed by atoms with Gasteiger partial charge in [-0.1, -0.05) is 415 Å². The molecule has 6 aromatic carbocycles. The third kappa shape index (κ3) is 47.6. The molecule has 0 saturated carbocycles. The molecule has 0 unspecified atom stereocenters. The zero-order chi connectivity index (χ0) is 99.3. The van der Waals surface area contributed by atoms with Gasteiger partial charge < -0.3 is 0 Å². The van der Waals surface area contributed by atoms with E-state index in [4.69, 9.17) is 0 Å². The second-order valence-electron chi connectivity index (χ2n) is 53.2. The summed E-state index contributed by atoms with van der Waals surface area (Å²) in [6.45, 7) is 103. The molecule has 128 heavy (non-hydrogen) atoms. The van der Waals surface area contributed by atoms with Crippen LogP contribution in [0.25, 0.3) is 0 Å². The topological polar surface area (TPSA) is 102 Å². The lowest BCUT2D eigenvalue weighted by atomic mass is 9.73. The van der Waals surface area contributed by atoms with Gasteiger partial charge >= 0.3 is 0 Å². The Morgan fingerprint density at radius 2 is 0.469 bits per heavy atom. The van der Waals surface area contributed by atoms with Crippen LogP contribution in [0.5, 0.6) is 0 Å². The predicted octanol–water partition coefficient (Wildman–Crippen LogP) is 34.1. The fraction of sp³-hybridized carbons (Fsp3) is 0.656. The molecule has 0 heterocycles. The van der Waals surface area contributed by atoms with E-state index in [2.05, 4.69) is 329 Å². The van der Waals surface area contributed by atoms with E-state index in [-0.39, 0.29) is 113 Å². The van der Waals surface area contributed by atoms with Crippen LogP contribution in [-0.2, 0) is 72.7 Å². The van der Waals surface area contributed by atoms with Gasteiger partial charge in [0.15, 0.2) is 0 Å². The fourth-order valence-corrected chi connectivity index (χ4v) is 17.6. The largest absolute Gasteiger partial charge is 0.299 e. The first-order valence-corrected chi connectivity index (χ1v) is 48.5.